The largest absolute Gasteiger partial charge is 0.328 e. The van der Waals surface area contributed by atoms with Crippen LogP contribution in [0.15, 0.2) is 30.6 Å². The molecule has 3 rings (SSSR count). The summed E-state index contributed by atoms with van der Waals surface area (Å²) in [5, 5.41) is 1.93. The average molecular weight is 201 g/mol. The highest BCUT2D eigenvalue weighted by Gasteiger charge is 2.09. The van der Waals surface area contributed by atoms with Crippen LogP contribution in [0.25, 0.3) is 21.9 Å². The molecule has 0 saturated carbocycles. The Morgan fingerprint density at radius 3 is 2.93 bits per heavy atom. The van der Waals surface area contributed by atoms with Crippen LogP contribution in [0.2, 0.25) is 0 Å². The Kier molecular flexibility index (Phi) is 1.54. The van der Waals surface area contributed by atoms with Gasteiger partial charge in [-0.1, -0.05) is 0 Å². The predicted octanol–water partition coefficient (Wildman–Crippen LogP) is 2.26. The molecule has 0 saturated heterocycles. The quantitative estimate of drug-likeness (QED) is 0.522. The minimum Gasteiger partial charge on any atom is -0.328 e. The van der Waals surface area contributed by atoms with E-state index in [9.17, 15) is 4.39 Å². The van der Waals surface area contributed by atoms with Gasteiger partial charge in [-0.25, -0.2) is 4.98 Å². The van der Waals surface area contributed by atoms with E-state index >= 15 is 0 Å². The monoisotopic (exact) mass is 201 g/mol. The molecule has 0 aliphatic rings. The number of fused-ring (bicyclic) bond motifs is 3. The van der Waals surface area contributed by atoms with Gasteiger partial charge in [-0.15, -0.1) is 0 Å². The molecule has 3 aromatic heterocycles. The molecule has 0 aliphatic carbocycles. The standard InChI is InChI=1S/C11H8FN3/c1-15-9-4-5-13-6-8(9)7-2-3-10(12)14-11(7)15/h2-6H,1H3. The fraction of sp³-hybridized carbons (Fsp3) is 0.0909. The maximum Gasteiger partial charge on any atom is 0.214 e. The molecule has 0 unspecified atom stereocenters. The van der Waals surface area contributed by atoms with Crippen molar-refractivity contribution in [2.24, 2.45) is 7.05 Å². The Morgan fingerprint density at radius 2 is 2.07 bits per heavy atom. The molecule has 0 atom stereocenters. The molecule has 15 heavy (non-hydrogen) atoms. The summed E-state index contributed by atoms with van der Waals surface area (Å²) in [4.78, 5) is 7.94. The van der Waals surface area contributed by atoms with E-state index in [0.29, 0.717) is 5.65 Å². The van der Waals surface area contributed by atoms with Crippen molar-refractivity contribution in [1.29, 1.82) is 0 Å². The Labute approximate surface area is 85.2 Å². The summed E-state index contributed by atoms with van der Waals surface area (Å²) in [6.07, 6.45) is 3.49. The molecule has 0 bridgehead atoms. The van der Waals surface area contributed by atoms with E-state index < -0.39 is 5.95 Å². The van der Waals surface area contributed by atoms with Crippen LogP contribution in [-0.4, -0.2) is 14.5 Å². The van der Waals surface area contributed by atoms with E-state index in [2.05, 4.69) is 9.97 Å². The average Bonchev–Trinajstić information content (AvgIpc) is 2.54. The zero-order valence-electron chi connectivity index (χ0n) is 8.11. The molecule has 0 aromatic carbocycles. The summed E-state index contributed by atoms with van der Waals surface area (Å²) < 4.78 is 14.9. The fourth-order valence-electron chi connectivity index (χ4n) is 1.89. The van der Waals surface area contributed by atoms with E-state index in [1.54, 1.807) is 18.5 Å². The Hall–Kier alpha value is -1.97. The SMILES string of the molecule is Cn1c2ccncc2c2ccc(F)nc21. The van der Waals surface area contributed by atoms with Gasteiger partial charge in [0, 0.05) is 30.2 Å². The van der Waals surface area contributed by atoms with Gasteiger partial charge in [0.2, 0.25) is 5.95 Å². The van der Waals surface area contributed by atoms with E-state index in [0.717, 1.165) is 16.3 Å². The lowest BCUT2D eigenvalue weighted by atomic mass is 10.2. The Balaban J connectivity index is 2.63. The van der Waals surface area contributed by atoms with Crippen molar-refractivity contribution < 1.29 is 4.39 Å². The van der Waals surface area contributed by atoms with Crippen LogP contribution in [-0.2, 0) is 7.05 Å². The van der Waals surface area contributed by atoms with Crippen LogP contribution in [0.5, 0.6) is 0 Å². The van der Waals surface area contributed by atoms with Gasteiger partial charge in [-0.05, 0) is 18.2 Å². The van der Waals surface area contributed by atoms with Crippen molar-refractivity contribution in [3.8, 4) is 0 Å². The fourth-order valence-corrected chi connectivity index (χ4v) is 1.89. The molecule has 0 spiro atoms. The molecule has 0 amide bonds. The number of halogens is 1. The van der Waals surface area contributed by atoms with Crippen LogP contribution in [0.4, 0.5) is 4.39 Å². The summed E-state index contributed by atoms with van der Waals surface area (Å²) >= 11 is 0. The number of nitrogens with zero attached hydrogens (tertiary/aromatic N) is 3. The summed E-state index contributed by atoms with van der Waals surface area (Å²) in [5.74, 6) is -0.457. The highest BCUT2D eigenvalue weighted by molar-refractivity contribution is 6.05. The third kappa shape index (κ3) is 1.05. The molecular weight excluding hydrogens is 193 g/mol. The van der Waals surface area contributed by atoms with E-state index in [1.807, 2.05) is 17.7 Å². The Bertz CT molecular complexity index is 657. The highest BCUT2D eigenvalue weighted by atomic mass is 19.1. The lowest BCUT2D eigenvalue weighted by Crippen LogP contribution is -1.90. The molecule has 3 aromatic rings. The molecule has 4 heteroatoms. The van der Waals surface area contributed by atoms with Crippen LogP contribution >= 0.6 is 0 Å². The van der Waals surface area contributed by atoms with Crippen molar-refractivity contribution in [2.75, 3.05) is 0 Å². The maximum absolute atomic E-state index is 13.0. The summed E-state index contributed by atoms with van der Waals surface area (Å²) in [6, 6.07) is 5.01. The molecule has 74 valence electrons. The second kappa shape index (κ2) is 2.76. The minimum atomic E-state index is -0.457. The molecule has 0 aliphatic heterocycles. The van der Waals surface area contributed by atoms with Crippen LogP contribution in [0, 0.1) is 5.95 Å². The smallest absolute Gasteiger partial charge is 0.214 e. The molecule has 0 N–H and O–H groups in total. The van der Waals surface area contributed by atoms with Crippen LogP contribution in [0.1, 0.15) is 0 Å². The zero-order valence-corrected chi connectivity index (χ0v) is 8.11. The number of pyridine rings is 2. The van der Waals surface area contributed by atoms with Gasteiger partial charge >= 0.3 is 0 Å². The molecule has 0 fully saturated rings. The van der Waals surface area contributed by atoms with Gasteiger partial charge in [-0.3, -0.25) is 4.98 Å². The number of aryl methyl sites for hydroxylation is 1. The van der Waals surface area contributed by atoms with E-state index in [-0.39, 0.29) is 0 Å². The number of aromatic nitrogens is 3. The first-order chi connectivity index (χ1) is 7.27. The lowest BCUT2D eigenvalue weighted by molar-refractivity contribution is 0.587. The van der Waals surface area contributed by atoms with Gasteiger partial charge in [-0.2, -0.15) is 4.39 Å². The normalized spacial score (nSPS) is 11.3. The zero-order chi connectivity index (χ0) is 10.4. The van der Waals surface area contributed by atoms with Crippen molar-refractivity contribution >= 4 is 21.9 Å². The minimum absolute atomic E-state index is 0.457. The first-order valence-electron chi connectivity index (χ1n) is 4.62. The van der Waals surface area contributed by atoms with Gasteiger partial charge in [0.15, 0.2) is 0 Å². The first kappa shape index (κ1) is 8.35. The van der Waals surface area contributed by atoms with Gasteiger partial charge in [0.05, 0.1) is 5.52 Å². The van der Waals surface area contributed by atoms with Gasteiger partial charge in [0.1, 0.15) is 5.65 Å². The van der Waals surface area contributed by atoms with Gasteiger partial charge in [0.25, 0.3) is 0 Å². The predicted molar refractivity (Wildman–Crippen MR) is 56.0 cm³/mol. The summed E-state index contributed by atoms with van der Waals surface area (Å²) in [5.41, 5.74) is 1.66. The maximum atomic E-state index is 13.0. The van der Waals surface area contributed by atoms with Crippen LogP contribution < -0.4 is 0 Å². The number of hydrogen-bond donors (Lipinski definition) is 0. The second-order valence-electron chi connectivity index (χ2n) is 3.46. The molecule has 0 radical (unpaired) electrons. The third-order valence-corrected chi connectivity index (χ3v) is 2.61. The molecular formula is C11H8FN3. The van der Waals surface area contributed by atoms with E-state index in [1.165, 1.54) is 6.07 Å². The topological polar surface area (TPSA) is 30.7 Å². The molecule has 3 heterocycles. The number of rotatable bonds is 0. The van der Waals surface area contributed by atoms with Crippen molar-refractivity contribution in [3.63, 3.8) is 0 Å². The van der Waals surface area contributed by atoms with Crippen molar-refractivity contribution in [1.82, 2.24) is 14.5 Å². The summed E-state index contributed by atoms with van der Waals surface area (Å²) in [6.45, 7) is 0. The van der Waals surface area contributed by atoms with Crippen LogP contribution in [0.3, 0.4) is 0 Å². The summed E-state index contributed by atoms with van der Waals surface area (Å²) in [7, 11) is 1.87. The van der Waals surface area contributed by atoms with Crippen molar-refractivity contribution in [3.05, 3.63) is 36.5 Å². The highest BCUT2D eigenvalue weighted by Crippen LogP contribution is 2.25. The number of hydrogen-bond acceptors (Lipinski definition) is 2. The van der Waals surface area contributed by atoms with E-state index in [4.69, 9.17) is 0 Å². The van der Waals surface area contributed by atoms with Gasteiger partial charge < -0.3 is 4.57 Å². The van der Waals surface area contributed by atoms with Crippen molar-refractivity contribution in [2.45, 2.75) is 0 Å². The second-order valence-corrected chi connectivity index (χ2v) is 3.46. The Morgan fingerprint density at radius 1 is 1.20 bits per heavy atom. The molecule has 3 nitrogen and oxygen atoms in total. The lowest BCUT2D eigenvalue weighted by Gasteiger charge is -1.95. The third-order valence-electron chi connectivity index (χ3n) is 2.61. The first-order valence-corrected chi connectivity index (χ1v) is 4.62.